The molecule has 1 aliphatic rings. The van der Waals surface area contributed by atoms with Gasteiger partial charge in [0.2, 0.25) is 0 Å². The van der Waals surface area contributed by atoms with Crippen LogP contribution in [0.5, 0.6) is 0 Å². The highest BCUT2D eigenvalue weighted by atomic mass is 79.9. The molecule has 1 aromatic carbocycles. The molecule has 1 N–H and O–H groups in total. The Morgan fingerprint density at radius 2 is 2.15 bits per heavy atom. The number of benzene rings is 1. The van der Waals surface area contributed by atoms with Crippen molar-refractivity contribution < 1.29 is 9.90 Å². The second-order valence-corrected chi connectivity index (χ2v) is 7.27. The highest BCUT2D eigenvalue weighted by Gasteiger charge is 2.32. The van der Waals surface area contributed by atoms with E-state index in [0.29, 0.717) is 25.1 Å². The van der Waals surface area contributed by atoms with Crippen LogP contribution in [0, 0.1) is 12.3 Å². The largest absolute Gasteiger partial charge is 0.393 e. The van der Waals surface area contributed by atoms with Crippen molar-refractivity contribution in [3.8, 4) is 0 Å². The molecule has 4 heteroatoms. The van der Waals surface area contributed by atoms with Crippen molar-refractivity contribution in [3.05, 3.63) is 33.8 Å². The SMILES string of the molecule is Cc1cccc(C(=O)N2CCC(O)CC(C)(C)C2)c1Br. The molecule has 0 spiro atoms. The predicted molar refractivity (Wildman–Crippen MR) is 83.8 cm³/mol. The fourth-order valence-electron chi connectivity index (χ4n) is 2.86. The van der Waals surface area contributed by atoms with Crippen LogP contribution in [0.3, 0.4) is 0 Å². The van der Waals surface area contributed by atoms with E-state index in [0.717, 1.165) is 16.5 Å². The van der Waals surface area contributed by atoms with Crippen LogP contribution in [0.4, 0.5) is 0 Å². The molecule has 20 heavy (non-hydrogen) atoms. The first-order valence-electron chi connectivity index (χ1n) is 7.02. The molecule has 1 heterocycles. The lowest BCUT2D eigenvalue weighted by Gasteiger charge is -2.30. The van der Waals surface area contributed by atoms with Gasteiger partial charge >= 0.3 is 0 Å². The van der Waals surface area contributed by atoms with Crippen molar-refractivity contribution >= 4 is 21.8 Å². The number of aliphatic hydroxyl groups is 1. The third-order valence-electron chi connectivity index (χ3n) is 3.85. The van der Waals surface area contributed by atoms with E-state index in [1.165, 1.54) is 0 Å². The number of hydrogen-bond acceptors (Lipinski definition) is 2. The van der Waals surface area contributed by atoms with Crippen LogP contribution in [0.1, 0.15) is 42.6 Å². The average molecular weight is 340 g/mol. The maximum absolute atomic E-state index is 12.7. The lowest BCUT2D eigenvalue weighted by atomic mass is 9.87. The van der Waals surface area contributed by atoms with Gasteiger partial charge < -0.3 is 10.0 Å². The topological polar surface area (TPSA) is 40.5 Å². The summed E-state index contributed by atoms with van der Waals surface area (Å²) in [6.07, 6.45) is 1.08. The Hall–Kier alpha value is -0.870. The quantitative estimate of drug-likeness (QED) is 0.851. The zero-order valence-corrected chi connectivity index (χ0v) is 13.9. The number of carbonyl (C=O) groups is 1. The molecule has 0 aliphatic carbocycles. The third kappa shape index (κ3) is 3.41. The van der Waals surface area contributed by atoms with Gasteiger partial charge in [-0.1, -0.05) is 26.0 Å². The van der Waals surface area contributed by atoms with Gasteiger partial charge in [0.05, 0.1) is 11.7 Å². The summed E-state index contributed by atoms with van der Waals surface area (Å²) in [6, 6.07) is 5.75. The Bertz CT molecular complexity index is 513. The third-order valence-corrected chi connectivity index (χ3v) is 4.90. The molecule has 3 nitrogen and oxygen atoms in total. The number of amides is 1. The molecule has 1 atom stereocenters. The number of halogens is 1. The van der Waals surface area contributed by atoms with Crippen LogP contribution < -0.4 is 0 Å². The van der Waals surface area contributed by atoms with Crippen molar-refractivity contribution in [1.29, 1.82) is 0 Å². The van der Waals surface area contributed by atoms with Gasteiger partial charge in [-0.05, 0) is 52.7 Å². The van der Waals surface area contributed by atoms with Crippen molar-refractivity contribution in [2.75, 3.05) is 13.1 Å². The Morgan fingerprint density at radius 1 is 1.45 bits per heavy atom. The second-order valence-electron chi connectivity index (χ2n) is 6.47. The normalized spacial score (nSPS) is 22.4. The molecule has 1 fully saturated rings. The lowest BCUT2D eigenvalue weighted by molar-refractivity contribution is 0.0704. The number of nitrogens with zero attached hydrogens (tertiary/aromatic N) is 1. The smallest absolute Gasteiger partial charge is 0.255 e. The summed E-state index contributed by atoms with van der Waals surface area (Å²) in [7, 11) is 0. The maximum Gasteiger partial charge on any atom is 0.255 e. The summed E-state index contributed by atoms with van der Waals surface area (Å²) < 4.78 is 0.868. The summed E-state index contributed by atoms with van der Waals surface area (Å²) in [6.45, 7) is 7.49. The van der Waals surface area contributed by atoms with Gasteiger partial charge in [0.25, 0.3) is 5.91 Å². The minimum atomic E-state index is -0.316. The van der Waals surface area contributed by atoms with Crippen molar-refractivity contribution in [3.63, 3.8) is 0 Å². The maximum atomic E-state index is 12.7. The average Bonchev–Trinajstić information content (AvgIpc) is 2.49. The Kier molecular flexibility index (Phi) is 4.55. The van der Waals surface area contributed by atoms with Gasteiger partial charge in [0, 0.05) is 17.6 Å². The van der Waals surface area contributed by atoms with E-state index in [2.05, 4.69) is 29.8 Å². The number of likely N-dealkylation sites (tertiary alicyclic amines) is 1. The molecule has 1 amide bonds. The fraction of sp³-hybridized carbons (Fsp3) is 0.562. The minimum Gasteiger partial charge on any atom is -0.393 e. The Balaban J connectivity index is 2.26. The van der Waals surface area contributed by atoms with E-state index >= 15 is 0 Å². The van der Waals surface area contributed by atoms with Crippen LogP contribution in [0.15, 0.2) is 22.7 Å². The van der Waals surface area contributed by atoms with Crippen molar-refractivity contribution in [2.24, 2.45) is 5.41 Å². The molecule has 0 aromatic heterocycles. The molecule has 1 aliphatic heterocycles. The van der Waals surface area contributed by atoms with Crippen LogP contribution in [0.25, 0.3) is 0 Å². The van der Waals surface area contributed by atoms with E-state index in [-0.39, 0.29) is 17.4 Å². The van der Waals surface area contributed by atoms with E-state index in [1.54, 1.807) is 0 Å². The summed E-state index contributed by atoms with van der Waals surface area (Å²) in [5.41, 5.74) is 1.71. The second kappa shape index (κ2) is 5.86. The molecule has 110 valence electrons. The van der Waals surface area contributed by atoms with E-state index < -0.39 is 0 Å². The fourth-order valence-corrected chi connectivity index (χ4v) is 3.30. The molecule has 1 unspecified atom stereocenters. The number of hydrogen-bond donors (Lipinski definition) is 1. The van der Waals surface area contributed by atoms with Crippen LogP contribution in [0.2, 0.25) is 0 Å². The van der Waals surface area contributed by atoms with Gasteiger partial charge in [-0.3, -0.25) is 4.79 Å². The molecule has 1 saturated heterocycles. The van der Waals surface area contributed by atoms with E-state index in [9.17, 15) is 9.90 Å². The number of rotatable bonds is 1. The first-order valence-corrected chi connectivity index (χ1v) is 7.82. The zero-order valence-electron chi connectivity index (χ0n) is 12.3. The summed E-state index contributed by atoms with van der Waals surface area (Å²) in [5.74, 6) is 0.0442. The minimum absolute atomic E-state index is 0.0442. The van der Waals surface area contributed by atoms with Gasteiger partial charge in [-0.25, -0.2) is 0 Å². The van der Waals surface area contributed by atoms with Crippen LogP contribution in [-0.2, 0) is 0 Å². The zero-order chi connectivity index (χ0) is 14.9. The predicted octanol–water partition coefficient (Wildman–Crippen LogP) is 3.38. The summed E-state index contributed by atoms with van der Waals surface area (Å²) >= 11 is 3.51. The van der Waals surface area contributed by atoms with Gasteiger partial charge in [0.15, 0.2) is 0 Å². The molecular weight excluding hydrogens is 318 g/mol. The molecule has 0 radical (unpaired) electrons. The monoisotopic (exact) mass is 339 g/mol. The molecule has 0 saturated carbocycles. The Labute approximate surface area is 129 Å². The van der Waals surface area contributed by atoms with E-state index in [4.69, 9.17) is 0 Å². The van der Waals surface area contributed by atoms with Crippen molar-refractivity contribution in [1.82, 2.24) is 4.90 Å². The van der Waals surface area contributed by atoms with Gasteiger partial charge in [0.1, 0.15) is 0 Å². The van der Waals surface area contributed by atoms with Gasteiger partial charge in [-0.15, -0.1) is 0 Å². The number of carbonyl (C=O) groups excluding carboxylic acids is 1. The number of aliphatic hydroxyl groups excluding tert-OH is 1. The molecular formula is C16H22BrNO2. The lowest BCUT2D eigenvalue weighted by Crippen LogP contribution is -2.37. The first-order chi connectivity index (χ1) is 9.30. The standard InChI is InChI=1S/C16H22BrNO2/c1-11-5-4-6-13(14(11)17)15(20)18-8-7-12(19)9-16(2,3)10-18/h4-6,12,19H,7-10H2,1-3H3. The first kappa shape index (κ1) is 15.5. The highest BCUT2D eigenvalue weighted by Crippen LogP contribution is 2.30. The van der Waals surface area contributed by atoms with Crippen LogP contribution in [-0.4, -0.2) is 35.1 Å². The van der Waals surface area contributed by atoms with Crippen molar-refractivity contribution in [2.45, 2.75) is 39.7 Å². The summed E-state index contributed by atoms with van der Waals surface area (Å²) in [4.78, 5) is 14.6. The Morgan fingerprint density at radius 3 is 2.85 bits per heavy atom. The highest BCUT2D eigenvalue weighted by molar-refractivity contribution is 9.10. The molecule has 1 aromatic rings. The number of aryl methyl sites for hydroxylation is 1. The van der Waals surface area contributed by atoms with E-state index in [1.807, 2.05) is 30.0 Å². The van der Waals surface area contributed by atoms with Gasteiger partial charge in [-0.2, -0.15) is 0 Å². The summed E-state index contributed by atoms with van der Waals surface area (Å²) in [5, 5.41) is 9.95. The van der Waals surface area contributed by atoms with Crippen LogP contribution >= 0.6 is 15.9 Å². The molecule has 2 rings (SSSR count). The molecule has 0 bridgehead atoms.